The highest BCUT2D eigenvalue weighted by atomic mass is 32.1. The van der Waals surface area contributed by atoms with Crippen LogP contribution in [0.3, 0.4) is 0 Å². The number of thiophene rings is 1. The Morgan fingerprint density at radius 2 is 2.00 bits per heavy atom. The van der Waals surface area contributed by atoms with Gasteiger partial charge in [0, 0.05) is 36.0 Å². The molecule has 3 aromatic heterocycles. The number of benzene rings is 1. The SMILES string of the molecule is Cc1cc(Cc2sc3c(c2C(=O)N2CCCO2)c(=O)n(C)c(=O)n3CC(C)C)c2ccccc2n1. The van der Waals surface area contributed by atoms with Crippen LogP contribution in [0.1, 0.15) is 46.8 Å². The molecule has 4 aromatic rings. The van der Waals surface area contributed by atoms with Crippen LogP contribution in [0.5, 0.6) is 0 Å². The van der Waals surface area contributed by atoms with Gasteiger partial charge in [0.2, 0.25) is 0 Å². The fourth-order valence-corrected chi connectivity index (χ4v) is 6.01. The first-order valence-corrected chi connectivity index (χ1v) is 12.6. The lowest BCUT2D eigenvalue weighted by atomic mass is 10.0. The smallest absolute Gasteiger partial charge is 0.284 e. The van der Waals surface area contributed by atoms with E-state index in [1.54, 1.807) is 4.57 Å². The van der Waals surface area contributed by atoms with E-state index in [9.17, 15) is 14.4 Å². The minimum atomic E-state index is -0.453. The third kappa shape index (κ3) is 4.08. The van der Waals surface area contributed by atoms with Crippen molar-refractivity contribution in [2.45, 2.75) is 40.2 Å². The van der Waals surface area contributed by atoms with Gasteiger partial charge in [0.05, 0.1) is 29.6 Å². The van der Waals surface area contributed by atoms with Gasteiger partial charge in [-0.3, -0.25) is 28.5 Å². The van der Waals surface area contributed by atoms with Gasteiger partial charge >= 0.3 is 5.69 Å². The van der Waals surface area contributed by atoms with Gasteiger partial charge in [-0.05, 0) is 37.0 Å². The van der Waals surface area contributed by atoms with Gasteiger partial charge < -0.3 is 0 Å². The van der Waals surface area contributed by atoms with Crippen LogP contribution in [0.4, 0.5) is 0 Å². The van der Waals surface area contributed by atoms with Crippen LogP contribution < -0.4 is 11.2 Å². The second-order valence-corrected chi connectivity index (χ2v) is 10.5. The average molecular weight is 493 g/mol. The highest BCUT2D eigenvalue weighted by molar-refractivity contribution is 7.19. The number of hydrogen-bond acceptors (Lipinski definition) is 6. The highest BCUT2D eigenvalue weighted by Crippen LogP contribution is 2.34. The van der Waals surface area contributed by atoms with Crippen LogP contribution in [0.2, 0.25) is 0 Å². The number of carbonyl (C=O) groups excluding carboxylic acids is 1. The number of fused-ring (bicyclic) bond motifs is 2. The Balaban J connectivity index is 1.80. The molecule has 182 valence electrons. The van der Waals surface area contributed by atoms with Crippen LogP contribution in [-0.2, 0) is 24.9 Å². The van der Waals surface area contributed by atoms with Gasteiger partial charge in [-0.2, -0.15) is 0 Å². The van der Waals surface area contributed by atoms with Gasteiger partial charge in [0.15, 0.2) is 0 Å². The number of rotatable bonds is 5. The van der Waals surface area contributed by atoms with E-state index >= 15 is 0 Å². The Bertz CT molecular complexity index is 1570. The first-order chi connectivity index (χ1) is 16.8. The molecule has 8 nitrogen and oxygen atoms in total. The molecule has 9 heteroatoms. The minimum absolute atomic E-state index is 0.187. The molecule has 0 atom stereocenters. The van der Waals surface area contributed by atoms with Crippen molar-refractivity contribution in [3.8, 4) is 0 Å². The summed E-state index contributed by atoms with van der Waals surface area (Å²) in [4.78, 5) is 51.7. The van der Waals surface area contributed by atoms with Gasteiger partial charge in [0.1, 0.15) is 4.83 Å². The largest absolute Gasteiger partial charge is 0.331 e. The lowest BCUT2D eigenvalue weighted by Gasteiger charge is -2.15. The molecule has 0 unspecified atom stereocenters. The number of carbonyl (C=O) groups is 1. The number of aryl methyl sites for hydroxylation is 1. The zero-order chi connectivity index (χ0) is 24.9. The third-order valence-corrected chi connectivity index (χ3v) is 7.48. The molecular formula is C26H28N4O4S. The van der Waals surface area contributed by atoms with Crippen molar-refractivity contribution in [1.82, 2.24) is 19.2 Å². The number of pyridine rings is 1. The number of para-hydroxylation sites is 1. The molecule has 0 bridgehead atoms. The van der Waals surface area contributed by atoms with Crippen LogP contribution in [0.25, 0.3) is 21.1 Å². The summed E-state index contributed by atoms with van der Waals surface area (Å²) >= 11 is 1.35. The maximum absolute atomic E-state index is 13.7. The quantitative estimate of drug-likeness (QED) is 0.425. The molecular weight excluding hydrogens is 464 g/mol. The van der Waals surface area contributed by atoms with E-state index in [1.807, 2.05) is 51.1 Å². The summed E-state index contributed by atoms with van der Waals surface area (Å²) in [6.07, 6.45) is 1.19. The molecule has 1 amide bonds. The lowest BCUT2D eigenvalue weighted by Crippen LogP contribution is -2.39. The Labute approximate surface area is 206 Å². The summed E-state index contributed by atoms with van der Waals surface area (Å²) in [6, 6.07) is 9.92. The second kappa shape index (κ2) is 9.05. The van der Waals surface area contributed by atoms with Gasteiger partial charge in [0.25, 0.3) is 11.5 Å². The second-order valence-electron chi connectivity index (χ2n) is 9.44. The fourth-order valence-electron chi connectivity index (χ4n) is 4.70. The van der Waals surface area contributed by atoms with Gasteiger partial charge in [-0.25, -0.2) is 9.86 Å². The van der Waals surface area contributed by atoms with Crippen molar-refractivity contribution in [3.05, 3.63) is 72.9 Å². The zero-order valence-electron chi connectivity index (χ0n) is 20.3. The molecule has 1 fully saturated rings. The van der Waals surface area contributed by atoms with Crippen molar-refractivity contribution in [1.29, 1.82) is 0 Å². The van der Waals surface area contributed by atoms with Crippen LogP contribution in [0, 0.1) is 12.8 Å². The minimum Gasteiger partial charge on any atom is -0.284 e. The molecule has 4 heterocycles. The first kappa shape index (κ1) is 23.4. The van der Waals surface area contributed by atoms with Gasteiger partial charge in [-0.1, -0.05) is 32.0 Å². The summed E-state index contributed by atoms with van der Waals surface area (Å²) in [5.41, 5.74) is 2.29. The van der Waals surface area contributed by atoms with E-state index in [1.165, 1.54) is 23.4 Å². The van der Waals surface area contributed by atoms with Gasteiger partial charge in [-0.15, -0.1) is 11.3 Å². The molecule has 1 saturated heterocycles. The summed E-state index contributed by atoms with van der Waals surface area (Å²) in [6.45, 7) is 7.38. The molecule has 0 saturated carbocycles. The Morgan fingerprint density at radius 3 is 2.71 bits per heavy atom. The Kier molecular flexibility index (Phi) is 6.06. The van der Waals surface area contributed by atoms with Crippen molar-refractivity contribution in [3.63, 3.8) is 0 Å². The molecule has 5 rings (SSSR count). The molecule has 0 N–H and O–H groups in total. The third-order valence-electron chi connectivity index (χ3n) is 6.27. The first-order valence-electron chi connectivity index (χ1n) is 11.8. The number of hydrogen-bond donors (Lipinski definition) is 0. The highest BCUT2D eigenvalue weighted by Gasteiger charge is 2.31. The van der Waals surface area contributed by atoms with Crippen LogP contribution in [-0.4, -0.2) is 38.2 Å². The summed E-state index contributed by atoms with van der Waals surface area (Å²) in [5, 5.41) is 2.64. The molecule has 1 aliphatic heterocycles. The van der Waals surface area contributed by atoms with Crippen molar-refractivity contribution in [2.75, 3.05) is 13.2 Å². The summed E-state index contributed by atoms with van der Waals surface area (Å²) < 4.78 is 2.74. The van der Waals surface area contributed by atoms with Crippen molar-refractivity contribution in [2.24, 2.45) is 13.0 Å². The maximum Gasteiger partial charge on any atom is 0.331 e. The van der Waals surface area contributed by atoms with Crippen molar-refractivity contribution >= 4 is 38.4 Å². The number of hydroxylamine groups is 2. The standard InChI is InChI=1S/C26H28N4O4S/c1-15(2)14-29-25-22(23(31)28(4)26(29)33)21(24(32)30-10-7-11-34-30)20(35-25)13-17-12-16(3)27-19-9-6-5-8-18(17)19/h5-6,8-9,12,15H,7,10-11,13-14H2,1-4H3. The summed E-state index contributed by atoms with van der Waals surface area (Å²) in [5.74, 6) is -0.141. The summed E-state index contributed by atoms with van der Waals surface area (Å²) in [7, 11) is 1.47. The molecule has 0 spiro atoms. The number of amides is 1. The zero-order valence-corrected chi connectivity index (χ0v) is 21.1. The predicted octanol–water partition coefficient (Wildman–Crippen LogP) is 3.64. The lowest BCUT2D eigenvalue weighted by molar-refractivity contribution is -0.0767. The number of nitrogens with zero attached hydrogens (tertiary/aromatic N) is 4. The van der Waals surface area contributed by atoms with E-state index in [4.69, 9.17) is 4.84 Å². The van der Waals surface area contributed by atoms with E-state index < -0.39 is 5.56 Å². The maximum atomic E-state index is 13.7. The molecule has 0 aliphatic carbocycles. The average Bonchev–Trinajstić information content (AvgIpc) is 3.48. The van der Waals surface area contributed by atoms with Crippen LogP contribution >= 0.6 is 11.3 Å². The number of aromatic nitrogens is 3. The fraction of sp³-hybridized carbons (Fsp3) is 0.385. The molecule has 0 radical (unpaired) electrons. The monoisotopic (exact) mass is 492 g/mol. The predicted molar refractivity (Wildman–Crippen MR) is 137 cm³/mol. The Hall–Kier alpha value is -3.30. The van der Waals surface area contributed by atoms with E-state index in [0.29, 0.717) is 41.9 Å². The topological polar surface area (TPSA) is 86.4 Å². The van der Waals surface area contributed by atoms with E-state index in [-0.39, 0.29) is 17.5 Å². The van der Waals surface area contributed by atoms with Crippen molar-refractivity contribution < 1.29 is 9.63 Å². The van der Waals surface area contributed by atoms with Crippen LogP contribution in [0.15, 0.2) is 39.9 Å². The Morgan fingerprint density at radius 1 is 1.23 bits per heavy atom. The van der Waals surface area contributed by atoms with E-state index in [0.717, 1.165) is 38.0 Å². The molecule has 35 heavy (non-hydrogen) atoms. The molecule has 1 aliphatic rings. The van der Waals surface area contributed by atoms with E-state index in [2.05, 4.69) is 4.98 Å². The molecule has 1 aromatic carbocycles. The normalized spacial score (nSPS) is 14.0.